The second-order valence-corrected chi connectivity index (χ2v) is 3.03. The molecule has 1 aromatic rings. The maximum atomic E-state index is 5.83. The predicted molar refractivity (Wildman–Crippen MR) is 46.4 cm³/mol. The van der Waals surface area contributed by atoms with E-state index in [-0.39, 0.29) is 5.38 Å². The van der Waals surface area contributed by atoms with E-state index in [1.807, 2.05) is 25.1 Å². The van der Waals surface area contributed by atoms with Gasteiger partial charge in [0.05, 0.1) is 16.8 Å². The van der Waals surface area contributed by atoms with Crippen molar-refractivity contribution in [2.45, 2.75) is 18.8 Å². The molecule has 0 saturated carbocycles. The Morgan fingerprint density at radius 3 is 2.91 bits per heavy atom. The summed E-state index contributed by atoms with van der Waals surface area (Å²) in [6.07, 6.45) is 0. The van der Waals surface area contributed by atoms with Crippen LogP contribution in [0.5, 0.6) is 0 Å². The molecule has 2 nitrogen and oxygen atoms in total. The van der Waals surface area contributed by atoms with Crippen LogP contribution < -0.4 is 5.73 Å². The molecule has 1 heterocycles. The van der Waals surface area contributed by atoms with E-state index >= 15 is 0 Å². The fraction of sp³-hybridized carbons (Fsp3) is 0.375. The molecule has 0 spiro atoms. The van der Waals surface area contributed by atoms with Crippen LogP contribution in [0.25, 0.3) is 0 Å². The fourth-order valence-electron chi connectivity index (χ4n) is 0.833. The summed E-state index contributed by atoms with van der Waals surface area (Å²) in [6.45, 7) is 2.36. The average molecular weight is 171 g/mol. The highest BCUT2D eigenvalue weighted by Gasteiger charge is 2.01. The molecule has 0 aromatic carbocycles. The van der Waals surface area contributed by atoms with Crippen LogP contribution in [-0.4, -0.2) is 4.98 Å². The number of hydrogen-bond donors (Lipinski definition) is 1. The van der Waals surface area contributed by atoms with Crippen molar-refractivity contribution in [3.05, 3.63) is 29.6 Å². The summed E-state index contributed by atoms with van der Waals surface area (Å²) in [4.78, 5) is 4.23. The highest BCUT2D eigenvalue weighted by atomic mass is 35.5. The second-order valence-electron chi connectivity index (χ2n) is 2.37. The van der Waals surface area contributed by atoms with Crippen molar-refractivity contribution in [1.29, 1.82) is 0 Å². The van der Waals surface area contributed by atoms with Gasteiger partial charge in [-0.25, -0.2) is 0 Å². The van der Waals surface area contributed by atoms with Crippen molar-refractivity contribution >= 4 is 11.6 Å². The van der Waals surface area contributed by atoms with E-state index in [1.165, 1.54) is 0 Å². The first-order valence-corrected chi connectivity index (χ1v) is 3.97. The smallest absolute Gasteiger partial charge is 0.0729 e. The molecule has 60 valence electrons. The third-order valence-corrected chi connectivity index (χ3v) is 1.67. The first-order chi connectivity index (χ1) is 5.24. The van der Waals surface area contributed by atoms with E-state index in [0.717, 1.165) is 11.4 Å². The molecule has 2 N–H and O–H groups in total. The molecule has 0 saturated heterocycles. The normalized spacial score (nSPS) is 13.0. The summed E-state index contributed by atoms with van der Waals surface area (Å²) >= 11 is 5.83. The average Bonchev–Trinajstić information content (AvgIpc) is 2.05. The third kappa shape index (κ3) is 2.17. The lowest BCUT2D eigenvalue weighted by atomic mass is 10.2. The van der Waals surface area contributed by atoms with Crippen molar-refractivity contribution in [1.82, 2.24) is 4.98 Å². The van der Waals surface area contributed by atoms with E-state index in [0.29, 0.717) is 6.54 Å². The van der Waals surface area contributed by atoms with Gasteiger partial charge in [0.2, 0.25) is 0 Å². The Labute approximate surface area is 71.4 Å². The van der Waals surface area contributed by atoms with Gasteiger partial charge in [0, 0.05) is 6.54 Å². The van der Waals surface area contributed by atoms with Crippen LogP contribution >= 0.6 is 11.6 Å². The highest BCUT2D eigenvalue weighted by Crippen LogP contribution is 2.16. The predicted octanol–water partition coefficient (Wildman–Crippen LogP) is 1.84. The highest BCUT2D eigenvalue weighted by molar-refractivity contribution is 6.20. The monoisotopic (exact) mass is 170 g/mol. The van der Waals surface area contributed by atoms with Crippen molar-refractivity contribution in [2.24, 2.45) is 5.73 Å². The molecule has 1 unspecified atom stereocenters. The summed E-state index contributed by atoms with van der Waals surface area (Å²) in [6, 6.07) is 5.71. The minimum Gasteiger partial charge on any atom is -0.325 e. The minimum absolute atomic E-state index is 0.0403. The number of alkyl halides is 1. The molecule has 3 heteroatoms. The van der Waals surface area contributed by atoms with Gasteiger partial charge in [-0.3, -0.25) is 4.98 Å². The minimum atomic E-state index is -0.0403. The van der Waals surface area contributed by atoms with Gasteiger partial charge in [0.1, 0.15) is 0 Å². The van der Waals surface area contributed by atoms with Gasteiger partial charge >= 0.3 is 0 Å². The van der Waals surface area contributed by atoms with Crippen molar-refractivity contribution in [3.63, 3.8) is 0 Å². The van der Waals surface area contributed by atoms with Crippen LogP contribution in [-0.2, 0) is 6.54 Å². The SMILES string of the molecule is CC(Cl)c1cccc(CN)n1. The van der Waals surface area contributed by atoms with Gasteiger partial charge < -0.3 is 5.73 Å². The van der Waals surface area contributed by atoms with E-state index in [9.17, 15) is 0 Å². The van der Waals surface area contributed by atoms with E-state index in [1.54, 1.807) is 0 Å². The van der Waals surface area contributed by atoms with Gasteiger partial charge in [-0.05, 0) is 19.1 Å². The number of nitrogens with zero attached hydrogens (tertiary/aromatic N) is 1. The van der Waals surface area contributed by atoms with Crippen LogP contribution in [0.15, 0.2) is 18.2 Å². The zero-order valence-corrected chi connectivity index (χ0v) is 7.17. The Hall–Kier alpha value is -0.600. The lowest BCUT2D eigenvalue weighted by molar-refractivity contribution is 0.917. The van der Waals surface area contributed by atoms with Gasteiger partial charge in [-0.15, -0.1) is 11.6 Å². The summed E-state index contributed by atoms with van der Waals surface area (Å²) in [5.41, 5.74) is 7.18. The standard InChI is InChI=1S/C8H11ClN2/c1-6(9)8-4-2-3-7(5-10)11-8/h2-4,6H,5,10H2,1H3. The van der Waals surface area contributed by atoms with Crippen LogP contribution in [0.3, 0.4) is 0 Å². The molecular formula is C8H11ClN2. The molecule has 1 aromatic heterocycles. The fourth-order valence-corrected chi connectivity index (χ4v) is 0.955. The summed E-state index contributed by atoms with van der Waals surface area (Å²) < 4.78 is 0. The summed E-state index contributed by atoms with van der Waals surface area (Å²) in [7, 11) is 0. The maximum absolute atomic E-state index is 5.83. The topological polar surface area (TPSA) is 38.9 Å². The molecule has 0 aliphatic heterocycles. The Kier molecular flexibility index (Phi) is 2.85. The lowest BCUT2D eigenvalue weighted by Gasteiger charge is -2.03. The number of rotatable bonds is 2. The van der Waals surface area contributed by atoms with Gasteiger partial charge in [0.15, 0.2) is 0 Å². The largest absolute Gasteiger partial charge is 0.325 e. The van der Waals surface area contributed by atoms with Crippen LogP contribution in [0, 0.1) is 0 Å². The van der Waals surface area contributed by atoms with E-state index in [4.69, 9.17) is 17.3 Å². The Bertz CT molecular complexity index is 235. The molecule has 1 atom stereocenters. The zero-order chi connectivity index (χ0) is 8.27. The second kappa shape index (κ2) is 3.69. The molecule has 0 bridgehead atoms. The molecule has 0 aliphatic carbocycles. The van der Waals surface area contributed by atoms with Gasteiger partial charge in [-0.1, -0.05) is 6.07 Å². The maximum Gasteiger partial charge on any atom is 0.0729 e. The van der Waals surface area contributed by atoms with Crippen molar-refractivity contribution in [3.8, 4) is 0 Å². The number of aromatic nitrogens is 1. The number of nitrogens with two attached hydrogens (primary N) is 1. The first-order valence-electron chi connectivity index (χ1n) is 3.54. The van der Waals surface area contributed by atoms with Crippen molar-refractivity contribution < 1.29 is 0 Å². The summed E-state index contributed by atoms with van der Waals surface area (Å²) in [5.74, 6) is 0. The molecule has 0 aliphatic rings. The first kappa shape index (κ1) is 8.50. The molecule has 0 amide bonds. The quantitative estimate of drug-likeness (QED) is 0.688. The molecular weight excluding hydrogens is 160 g/mol. The number of halogens is 1. The Morgan fingerprint density at radius 2 is 2.36 bits per heavy atom. The molecule has 1 rings (SSSR count). The van der Waals surface area contributed by atoms with Gasteiger partial charge in [0.25, 0.3) is 0 Å². The number of pyridine rings is 1. The molecule has 0 radical (unpaired) electrons. The Balaban J connectivity index is 2.91. The summed E-state index contributed by atoms with van der Waals surface area (Å²) in [5, 5.41) is -0.0403. The molecule has 0 fully saturated rings. The molecule has 11 heavy (non-hydrogen) atoms. The lowest BCUT2D eigenvalue weighted by Crippen LogP contribution is -2.01. The van der Waals surface area contributed by atoms with Crippen LogP contribution in [0.4, 0.5) is 0 Å². The van der Waals surface area contributed by atoms with E-state index < -0.39 is 0 Å². The van der Waals surface area contributed by atoms with Crippen molar-refractivity contribution in [2.75, 3.05) is 0 Å². The van der Waals surface area contributed by atoms with Crippen LogP contribution in [0.1, 0.15) is 23.7 Å². The number of hydrogen-bond acceptors (Lipinski definition) is 2. The van der Waals surface area contributed by atoms with E-state index in [2.05, 4.69) is 4.98 Å². The Morgan fingerprint density at radius 1 is 1.64 bits per heavy atom. The zero-order valence-electron chi connectivity index (χ0n) is 6.42. The van der Waals surface area contributed by atoms with Crippen LogP contribution in [0.2, 0.25) is 0 Å². The van der Waals surface area contributed by atoms with Gasteiger partial charge in [-0.2, -0.15) is 0 Å². The third-order valence-electron chi connectivity index (χ3n) is 1.44.